The van der Waals surface area contributed by atoms with Crippen LogP contribution in [0.15, 0.2) is 0 Å². The van der Waals surface area contributed by atoms with Gasteiger partial charge in [-0.15, -0.1) is 0 Å². The Balaban J connectivity index is 3.72. The summed E-state index contributed by atoms with van der Waals surface area (Å²) in [4.78, 5) is 10.4. The Labute approximate surface area is 79.1 Å². The van der Waals surface area contributed by atoms with E-state index in [0.29, 0.717) is 19.6 Å². The van der Waals surface area contributed by atoms with Gasteiger partial charge in [0.05, 0.1) is 19.1 Å². The maximum absolute atomic E-state index is 10.4. The molecule has 0 fully saturated rings. The molecule has 0 saturated heterocycles. The SMILES string of the molecule is CC(C)OC[C@H](CCN)CC(=O)O. The first-order valence-corrected chi connectivity index (χ1v) is 4.59. The maximum Gasteiger partial charge on any atom is 0.303 e. The van der Waals surface area contributed by atoms with Crippen LogP contribution in [-0.2, 0) is 9.53 Å². The fourth-order valence-corrected chi connectivity index (χ4v) is 1.06. The van der Waals surface area contributed by atoms with Crippen molar-refractivity contribution in [3.63, 3.8) is 0 Å². The second kappa shape index (κ2) is 6.86. The van der Waals surface area contributed by atoms with Crippen molar-refractivity contribution < 1.29 is 14.6 Å². The third-order valence-electron chi connectivity index (χ3n) is 1.70. The second-order valence-electron chi connectivity index (χ2n) is 3.42. The van der Waals surface area contributed by atoms with E-state index in [1.807, 2.05) is 13.8 Å². The smallest absolute Gasteiger partial charge is 0.303 e. The Hall–Kier alpha value is -0.610. The largest absolute Gasteiger partial charge is 0.481 e. The van der Waals surface area contributed by atoms with Crippen molar-refractivity contribution in [3.8, 4) is 0 Å². The molecule has 0 unspecified atom stereocenters. The first-order chi connectivity index (χ1) is 6.06. The molecule has 0 heterocycles. The molecular formula is C9H19NO3. The molecule has 4 nitrogen and oxygen atoms in total. The number of carbonyl (C=O) groups is 1. The summed E-state index contributed by atoms with van der Waals surface area (Å²) in [6.07, 6.45) is 0.997. The fraction of sp³-hybridized carbons (Fsp3) is 0.889. The Morgan fingerprint density at radius 1 is 1.54 bits per heavy atom. The summed E-state index contributed by atoms with van der Waals surface area (Å²) in [5.74, 6) is -0.740. The lowest BCUT2D eigenvalue weighted by Gasteiger charge is -2.15. The Morgan fingerprint density at radius 3 is 2.54 bits per heavy atom. The molecular weight excluding hydrogens is 170 g/mol. The quantitative estimate of drug-likeness (QED) is 0.622. The lowest BCUT2D eigenvalue weighted by atomic mass is 10.0. The van der Waals surface area contributed by atoms with Gasteiger partial charge in [0, 0.05) is 0 Å². The van der Waals surface area contributed by atoms with E-state index in [0.717, 1.165) is 0 Å². The van der Waals surface area contributed by atoms with Crippen LogP contribution < -0.4 is 5.73 Å². The Morgan fingerprint density at radius 2 is 2.15 bits per heavy atom. The first-order valence-electron chi connectivity index (χ1n) is 4.59. The van der Waals surface area contributed by atoms with Gasteiger partial charge in [-0.1, -0.05) is 0 Å². The fourth-order valence-electron chi connectivity index (χ4n) is 1.06. The molecule has 0 aliphatic rings. The van der Waals surface area contributed by atoms with Crippen LogP contribution in [0.4, 0.5) is 0 Å². The first kappa shape index (κ1) is 12.4. The predicted molar refractivity (Wildman–Crippen MR) is 50.5 cm³/mol. The number of nitrogens with two attached hydrogens (primary N) is 1. The molecule has 0 aromatic carbocycles. The van der Waals surface area contributed by atoms with Crippen molar-refractivity contribution in [1.29, 1.82) is 0 Å². The number of hydrogen-bond acceptors (Lipinski definition) is 3. The van der Waals surface area contributed by atoms with Gasteiger partial charge < -0.3 is 15.6 Å². The highest BCUT2D eigenvalue weighted by Gasteiger charge is 2.13. The van der Waals surface area contributed by atoms with Crippen molar-refractivity contribution in [1.82, 2.24) is 0 Å². The molecule has 13 heavy (non-hydrogen) atoms. The van der Waals surface area contributed by atoms with E-state index in [4.69, 9.17) is 15.6 Å². The molecule has 1 atom stereocenters. The molecule has 0 aliphatic heterocycles. The number of aliphatic carboxylic acids is 1. The zero-order valence-corrected chi connectivity index (χ0v) is 8.32. The van der Waals surface area contributed by atoms with Gasteiger partial charge in [0.1, 0.15) is 0 Å². The minimum Gasteiger partial charge on any atom is -0.481 e. The number of carboxylic acid groups (broad SMARTS) is 1. The van der Waals surface area contributed by atoms with Crippen molar-refractivity contribution in [2.75, 3.05) is 13.2 Å². The average Bonchev–Trinajstić information content (AvgIpc) is 1.99. The third kappa shape index (κ3) is 7.74. The van der Waals surface area contributed by atoms with Crippen molar-refractivity contribution in [2.45, 2.75) is 32.8 Å². The van der Waals surface area contributed by atoms with Crippen LogP contribution >= 0.6 is 0 Å². The number of ether oxygens (including phenoxy) is 1. The Kier molecular flexibility index (Phi) is 6.54. The van der Waals surface area contributed by atoms with E-state index in [-0.39, 0.29) is 18.4 Å². The van der Waals surface area contributed by atoms with E-state index in [2.05, 4.69) is 0 Å². The van der Waals surface area contributed by atoms with Gasteiger partial charge in [0.25, 0.3) is 0 Å². The van der Waals surface area contributed by atoms with E-state index in [1.165, 1.54) is 0 Å². The third-order valence-corrected chi connectivity index (χ3v) is 1.70. The average molecular weight is 189 g/mol. The van der Waals surface area contributed by atoms with Crippen molar-refractivity contribution >= 4 is 5.97 Å². The molecule has 0 radical (unpaired) electrons. The van der Waals surface area contributed by atoms with Gasteiger partial charge in [-0.05, 0) is 32.7 Å². The molecule has 78 valence electrons. The second-order valence-corrected chi connectivity index (χ2v) is 3.42. The summed E-state index contributed by atoms with van der Waals surface area (Å²) < 4.78 is 5.34. The Bertz CT molecular complexity index is 148. The topological polar surface area (TPSA) is 72.5 Å². The lowest BCUT2D eigenvalue weighted by molar-refractivity contribution is -0.138. The van der Waals surface area contributed by atoms with E-state index >= 15 is 0 Å². The van der Waals surface area contributed by atoms with Gasteiger partial charge in [-0.3, -0.25) is 4.79 Å². The van der Waals surface area contributed by atoms with Crippen LogP contribution in [0, 0.1) is 5.92 Å². The summed E-state index contributed by atoms with van der Waals surface area (Å²) >= 11 is 0. The molecule has 4 heteroatoms. The molecule has 3 N–H and O–H groups in total. The molecule has 0 aromatic heterocycles. The molecule has 0 aliphatic carbocycles. The monoisotopic (exact) mass is 189 g/mol. The highest BCUT2D eigenvalue weighted by atomic mass is 16.5. The highest BCUT2D eigenvalue weighted by Crippen LogP contribution is 2.09. The predicted octanol–water partition coefficient (Wildman–Crippen LogP) is 0.851. The maximum atomic E-state index is 10.4. The zero-order valence-electron chi connectivity index (χ0n) is 8.32. The van der Waals surface area contributed by atoms with Crippen molar-refractivity contribution in [2.24, 2.45) is 11.7 Å². The summed E-state index contributed by atoms with van der Waals surface area (Å²) in [5, 5.41) is 8.58. The number of hydrogen-bond donors (Lipinski definition) is 2. The van der Waals surface area contributed by atoms with Crippen LogP contribution in [0.5, 0.6) is 0 Å². The molecule has 0 rings (SSSR count). The van der Waals surface area contributed by atoms with Gasteiger partial charge in [0.15, 0.2) is 0 Å². The minimum atomic E-state index is -0.786. The zero-order chi connectivity index (χ0) is 10.3. The molecule has 0 amide bonds. The van der Waals surface area contributed by atoms with Crippen molar-refractivity contribution in [3.05, 3.63) is 0 Å². The lowest BCUT2D eigenvalue weighted by Crippen LogP contribution is -2.20. The minimum absolute atomic E-state index is 0.0462. The number of rotatable bonds is 7. The summed E-state index contributed by atoms with van der Waals surface area (Å²) in [7, 11) is 0. The molecule has 0 bridgehead atoms. The summed E-state index contributed by atoms with van der Waals surface area (Å²) in [6.45, 7) is 4.86. The van der Waals surface area contributed by atoms with Gasteiger partial charge in [0.2, 0.25) is 0 Å². The summed E-state index contributed by atoms with van der Waals surface area (Å²) in [6, 6.07) is 0. The number of carboxylic acids is 1. The van der Waals surface area contributed by atoms with E-state index in [9.17, 15) is 4.79 Å². The summed E-state index contributed by atoms with van der Waals surface area (Å²) in [5.41, 5.74) is 5.36. The van der Waals surface area contributed by atoms with Crippen LogP contribution in [0.3, 0.4) is 0 Å². The molecule has 0 saturated carbocycles. The van der Waals surface area contributed by atoms with Crippen LogP contribution in [-0.4, -0.2) is 30.3 Å². The van der Waals surface area contributed by atoms with Gasteiger partial charge in [-0.2, -0.15) is 0 Å². The normalized spacial score (nSPS) is 13.2. The van der Waals surface area contributed by atoms with Gasteiger partial charge in [-0.25, -0.2) is 0 Å². The van der Waals surface area contributed by atoms with Crippen LogP contribution in [0.2, 0.25) is 0 Å². The van der Waals surface area contributed by atoms with Crippen LogP contribution in [0.25, 0.3) is 0 Å². The molecule has 0 spiro atoms. The van der Waals surface area contributed by atoms with E-state index in [1.54, 1.807) is 0 Å². The van der Waals surface area contributed by atoms with Crippen LogP contribution in [0.1, 0.15) is 26.7 Å². The standard InChI is InChI=1S/C9H19NO3/c1-7(2)13-6-8(3-4-10)5-9(11)12/h7-8H,3-6,10H2,1-2H3,(H,11,12)/t8-/m1/s1. The molecule has 0 aromatic rings. The van der Waals surface area contributed by atoms with E-state index < -0.39 is 5.97 Å². The van der Waals surface area contributed by atoms with Gasteiger partial charge >= 0.3 is 5.97 Å². The highest BCUT2D eigenvalue weighted by molar-refractivity contribution is 5.67.